The first kappa shape index (κ1) is 82.8. The zero-order valence-corrected chi connectivity index (χ0v) is 56.0. The largest absolute Gasteiger partial charge is 0.463 e. The minimum absolute atomic E-state index is 0.115. The van der Waals surface area contributed by atoms with Crippen molar-refractivity contribution >= 4 is 35.9 Å². The fraction of sp³-hybridized carbons (Fsp3) is 0.312. The van der Waals surface area contributed by atoms with E-state index >= 15 is 0 Å². The lowest BCUT2D eigenvalue weighted by Crippen LogP contribution is -2.22. The number of esters is 4. The molecule has 18 nitrogen and oxygen atoms in total. The number of carbonyl (C=O) groups is 5. The Morgan fingerprint density at radius 1 is 0.389 bits per heavy atom. The molecule has 1 N–H and O–H groups in total. The molecule has 1 aromatic carbocycles. The van der Waals surface area contributed by atoms with E-state index < -0.39 is 0 Å². The molecule has 1 amide bonds. The second-order valence-electron chi connectivity index (χ2n) is 20.5. The van der Waals surface area contributed by atoms with Gasteiger partial charge < -0.3 is 33.7 Å². The van der Waals surface area contributed by atoms with E-state index in [9.17, 15) is 24.0 Å². The predicted octanol–water partition coefficient (Wildman–Crippen LogP) is 13.5. The summed E-state index contributed by atoms with van der Waals surface area (Å²) in [6, 6.07) is 33.6. The van der Waals surface area contributed by atoms with Gasteiger partial charge >= 0.3 is 23.9 Å². The number of benzene rings is 1. The van der Waals surface area contributed by atoms with Crippen LogP contribution in [-0.4, -0.2) is 119 Å². The number of amides is 1. The molecule has 0 fully saturated rings. The van der Waals surface area contributed by atoms with Gasteiger partial charge in [-0.05, 0) is 173 Å². The van der Waals surface area contributed by atoms with E-state index in [0.717, 1.165) is 94.1 Å². The predicted molar refractivity (Wildman–Crippen MR) is 376 cm³/mol. The van der Waals surface area contributed by atoms with Crippen LogP contribution in [0.2, 0.25) is 0 Å². The maximum atomic E-state index is 11.0. The Balaban J connectivity index is 0.000000559. The van der Waals surface area contributed by atoms with E-state index in [1.165, 1.54) is 34.4 Å². The number of carbonyl (C=O) groups excluding carboxylic acids is 5. The smallest absolute Gasteiger partial charge is 0.333 e. The van der Waals surface area contributed by atoms with E-state index in [4.69, 9.17) is 28.4 Å². The van der Waals surface area contributed by atoms with Gasteiger partial charge in [-0.2, -0.15) is 0 Å². The van der Waals surface area contributed by atoms with Crippen LogP contribution in [0.3, 0.4) is 0 Å². The highest BCUT2D eigenvalue weighted by atomic mass is 16.6. The van der Waals surface area contributed by atoms with Crippen molar-refractivity contribution in [2.24, 2.45) is 0 Å². The van der Waals surface area contributed by atoms with Gasteiger partial charge in [0.1, 0.15) is 6.61 Å². The summed E-state index contributed by atoms with van der Waals surface area (Å²) in [5.41, 5.74) is 9.51. The first-order chi connectivity index (χ1) is 46.1. The van der Waals surface area contributed by atoms with Gasteiger partial charge in [-0.3, -0.25) is 34.7 Å². The summed E-state index contributed by atoms with van der Waals surface area (Å²) in [6.07, 6.45) is 35.7. The van der Waals surface area contributed by atoms with Crippen LogP contribution in [0.25, 0.3) is 6.08 Å². The summed E-state index contributed by atoms with van der Waals surface area (Å²) in [4.78, 5) is 78.6. The lowest BCUT2D eigenvalue weighted by atomic mass is 10.1. The summed E-state index contributed by atoms with van der Waals surface area (Å²) < 4.78 is 30.2. The topological polar surface area (TPSA) is 230 Å². The maximum absolute atomic E-state index is 11.0. The van der Waals surface area contributed by atoms with Crippen LogP contribution in [-0.2, 0) is 90.9 Å². The molecule has 0 aliphatic rings. The number of nitrogens with zero attached hydrogens (tertiary/aromatic N) is 6. The Labute approximate surface area is 563 Å². The molecule has 18 heteroatoms. The summed E-state index contributed by atoms with van der Waals surface area (Å²) in [6.45, 7) is 32.7. The highest BCUT2D eigenvalue weighted by Gasteiger charge is 2.05. The number of ether oxygens (including phenoxy) is 6. The molecule has 6 heterocycles. The lowest BCUT2D eigenvalue weighted by molar-refractivity contribution is -0.141. The molecule has 0 aliphatic heterocycles. The Morgan fingerprint density at radius 3 is 1.07 bits per heavy atom. The third-order valence-corrected chi connectivity index (χ3v) is 12.2. The van der Waals surface area contributed by atoms with E-state index in [0.29, 0.717) is 62.7 Å². The number of pyridine rings is 6. The molecule has 0 unspecified atom stereocenters. The minimum atomic E-state index is -0.367. The van der Waals surface area contributed by atoms with Gasteiger partial charge in [0.2, 0.25) is 5.91 Å². The Hall–Kier alpha value is -10.2. The molecule has 0 saturated carbocycles. The van der Waals surface area contributed by atoms with Crippen molar-refractivity contribution in [1.29, 1.82) is 0 Å². The van der Waals surface area contributed by atoms with E-state index in [1.54, 1.807) is 64.1 Å². The number of aromatic nitrogens is 6. The van der Waals surface area contributed by atoms with Crippen LogP contribution >= 0.6 is 0 Å². The Kier molecular flexibility index (Phi) is 50.3. The fourth-order valence-corrected chi connectivity index (χ4v) is 7.22. The number of hydrogen-bond acceptors (Lipinski definition) is 17. The summed E-state index contributed by atoms with van der Waals surface area (Å²) in [5.74, 6) is -1.50. The van der Waals surface area contributed by atoms with Crippen molar-refractivity contribution in [3.8, 4) is 0 Å². The SMILES string of the molecule is C=C(C)C(=O)OCCCc1cccnc1.C=C(C)C(=O)OCCOCCCc1cccnc1.C=C(C)C(=O)OCCc1cccnc1.C=CC(=O)NCCCc1cccnc1.C=CC(=O)OCCCc1cccnc1.C=Cc1ccccc1.CCOCCCc1cccnc1. The van der Waals surface area contributed by atoms with Crippen molar-refractivity contribution < 1.29 is 52.4 Å². The first-order valence-electron chi connectivity index (χ1n) is 31.5. The summed E-state index contributed by atoms with van der Waals surface area (Å²) in [5, 5.41) is 2.73. The normalized spacial score (nSPS) is 9.60. The highest BCUT2D eigenvalue weighted by Crippen LogP contribution is 2.06. The molecule has 0 atom stereocenters. The van der Waals surface area contributed by atoms with Crippen LogP contribution in [0, 0.1) is 0 Å². The number of nitrogens with one attached hydrogen (secondary N) is 1. The van der Waals surface area contributed by atoms with Crippen molar-refractivity contribution in [2.45, 2.75) is 98.3 Å². The van der Waals surface area contributed by atoms with E-state index in [1.807, 2.05) is 141 Å². The third kappa shape index (κ3) is 49.2. The molecule has 0 bridgehead atoms. The van der Waals surface area contributed by atoms with Crippen molar-refractivity contribution in [1.82, 2.24) is 35.2 Å². The van der Waals surface area contributed by atoms with Crippen molar-refractivity contribution in [3.63, 3.8) is 0 Å². The van der Waals surface area contributed by atoms with Gasteiger partial charge in [-0.25, -0.2) is 19.2 Å². The number of aryl methyl sites for hydroxylation is 5. The number of rotatable bonds is 33. The fourth-order valence-electron chi connectivity index (χ4n) is 7.22. The molecule has 6 aromatic heterocycles. The second kappa shape index (κ2) is 57.7. The zero-order valence-electron chi connectivity index (χ0n) is 56.0. The van der Waals surface area contributed by atoms with Gasteiger partial charge in [0, 0.05) is 130 Å². The minimum Gasteiger partial charge on any atom is -0.463 e. The quantitative estimate of drug-likeness (QED) is 0.0174. The van der Waals surface area contributed by atoms with Crippen LogP contribution in [0.5, 0.6) is 0 Å². The maximum Gasteiger partial charge on any atom is 0.333 e. The monoisotopic (exact) mass is 1300 g/mol. The molecular weight excluding hydrogens is 1200 g/mol. The van der Waals surface area contributed by atoms with Gasteiger partial charge in [0.15, 0.2) is 0 Å². The zero-order chi connectivity index (χ0) is 69.6. The molecular formula is C77H97N7O11. The molecule has 0 radical (unpaired) electrons. The molecule has 95 heavy (non-hydrogen) atoms. The summed E-state index contributed by atoms with van der Waals surface area (Å²) >= 11 is 0. The Bertz CT molecular complexity index is 3120. The molecule has 0 spiro atoms. The van der Waals surface area contributed by atoms with Crippen LogP contribution < -0.4 is 5.32 Å². The molecule has 7 rings (SSSR count). The van der Waals surface area contributed by atoms with Gasteiger partial charge in [0.05, 0.1) is 26.4 Å². The Morgan fingerprint density at radius 2 is 0.737 bits per heavy atom. The number of hydrogen-bond donors (Lipinski definition) is 1. The van der Waals surface area contributed by atoms with Crippen LogP contribution in [0.15, 0.2) is 246 Å². The molecule has 7 aromatic rings. The van der Waals surface area contributed by atoms with Crippen LogP contribution in [0.4, 0.5) is 0 Å². The van der Waals surface area contributed by atoms with Gasteiger partial charge in [0.25, 0.3) is 0 Å². The van der Waals surface area contributed by atoms with E-state index in [-0.39, 0.29) is 36.4 Å². The van der Waals surface area contributed by atoms with Crippen molar-refractivity contribution in [3.05, 3.63) is 285 Å². The molecule has 0 aliphatic carbocycles. The first-order valence-corrected chi connectivity index (χ1v) is 31.5. The summed E-state index contributed by atoms with van der Waals surface area (Å²) in [7, 11) is 0. The van der Waals surface area contributed by atoms with Crippen molar-refractivity contribution in [2.75, 3.05) is 59.4 Å². The molecule has 506 valence electrons. The second-order valence-corrected chi connectivity index (χ2v) is 20.5. The third-order valence-electron chi connectivity index (χ3n) is 12.2. The average molecular weight is 1300 g/mol. The van der Waals surface area contributed by atoms with Gasteiger partial charge in [-0.15, -0.1) is 0 Å². The highest BCUT2D eigenvalue weighted by molar-refractivity contribution is 5.88. The van der Waals surface area contributed by atoms with E-state index in [2.05, 4.69) is 80.8 Å². The van der Waals surface area contributed by atoms with Gasteiger partial charge in [-0.1, -0.05) is 112 Å². The van der Waals surface area contributed by atoms with Crippen LogP contribution in [0.1, 0.15) is 98.7 Å². The standard InChI is InChI=1S/C14H19NO3.C12H15NO2.C11H14N2O.2C11H13NO2.C10H15NO.C8H8/c1-12(2)14(16)18-10-9-17-8-4-6-13-5-3-7-15-11-13;1-10(2)12(14)15-8-4-6-11-5-3-7-13-9-11;1-2-11(14)13-8-4-6-10-5-3-7-12-9-10;1-9(2)11(13)14-7-5-10-4-3-6-12-8-10;1-2-11(13)14-8-4-6-10-5-3-7-12-9-10;1-2-12-8-4-6-10-5-3-7-11-9-10;1-2-8-6-4-3-5-7-8/h3,5,7,11H,1,4,6,8-10H2,2H3;3,5,7,9H,1,4,6,8H2,2H3;2-3,5,7,9H,1,4,6,8H2,(H,13,14);3-4,6,8H,1,5,7H2,2H3;2-3,5,7,9H,1,4,6,8H2;3,5,7,9H,2,4,6,8H2,1H3;2-7H,1H2. The average Bonchev–Trinajstić information content (AvgIpc) is 3.74. The lowest BCUT2D eigenvalue weighted by Gasteiger charge is -2.05. The molecule has 0 saturated heterocycles.